The quantitative estimate of drug-likeness (QED) is 0.354. The number of rotatable bonds is 5. The van der Waals surface area contributed by atoms with Gasteiger partial charge in [0.05, 0.1) is 12.1 Å². The topological polar surface area (TPSA) is 63.3 Å². The number of aliphatic imine (C=N–C) groups is 1. The van der Waals surface area contributed by atoms with Gasteiger partial charge in [0, 0.05) is 24.0 Å². The number of hydrogen-bond donors (Lipinski definition) is 2. The van der Waals surface area contributed by atoms with Gasteiger partial charge >= 0.3 is 0 Å². The highest BCUT2D eigenvalue weighted by Gasteiger charge is 1.98. The lowest BCUT2D eigenvalue weighted by Gasteiger charge is -2.06. The predicted molar refractivity (Wildman–Crippen MR) is 100 cm³/mol. The number of hydrogen-bond acceptors (Lipinski definition) is 2. The fraction of sp³-hybridized carbons (Fsp3) is 0.250. The molecule has 1 aromatic heterocycles. The lowest BCUT2D eigenvalue weighted by Crippen LogP contribution is -2.33. The Labute approximate surface area is 142 Å². The van der Waals surface area contributed by atoms with Crippen molar-refractivity contribution in [2.45, 2.75) is 13.3 Å². The van der Waals surface area contributed by atoms with Gasteiger partial charge in [0.15, 0.2) is 5.96 Å². The van der Waals surface area contributed by atoms with Gasteiger partial charge in [-0.2, -0.15) is 0 Å². The minimum absolute atomic E-state index is 0. The molecule has 1 heterocycles. The van der Waals surface area contributed by atoms with E-state index in [1.54, 1.807) is 0 Å². The number of nitrogens with one attached hydrogen (secondary N) is 1. The van der Waals surface area contributed by atoms with Gasteiger partial charge in [-0.25, -0.2) is 4.99 Å². The van der Waals surface area contributed by atoms with Gasteiger partial charge in [-0.3, -0.25) is 4.98 Å². The van der Waals surface area contributed by atoms with Crippen molar-refractivity contribution in [3.8, 4) is 0 Å². The van der Waals surface area contributed by atoms with Crippen molar-refractivity contribution >= 4 is 40.8 Å². The summed E-state index contributed by atoms with van der Waals surface area (Å²) in [5.74, 6) is 0.453. The predicted octanol–water partition coefficient (Wildman–Crippen LogP) is 2.88. The van der Waals surface area contributed by atoms with E-state index in [0.717, 1.165) is 35.1 Å². The summed E-state index contributed by atoms with van der Waals surface area (Å²) in [5.41, 5.74) is 8.81. The Kier molecular flexibility index (Phi) is 7.14. The van der Waals surface area contributed by atoms with E-state index >= 15 is 0 Å². The Morgan fingerprint density at radius 2 is 2.05 bits per heavy atom. The number of para-hydroxylation sites is 1. The van der Waals surface area contributed by atoms with Crippen LogP contribution in [0.4, 0.5) is 0 Å². The van der Waals surface area contributed by atoms with E-state index in [1.165, 1.54) is 0 Å². The fourth-order valence-electron chi connectivity index (χ4n) is 1.84. The highest BCUT2D eigenvalue weighted by molar-refractivity contribution is 14.0. The van der Waals surface area contributed by atoms with E-state index in [9.17, 15) is 0 Å². The van der Waals surface area contributed by atoms with E-state index in [-0.39, 0.29) is 24.0 Å². The third kappa shape index (κ3) is 5.71. The van der Waals surface area contributed by atoms with Crippen LogP contribution in [0.2, 0.25) is 0 Å². The molecule has 0 spiro atoms. The van der Waals surface area contributed by atoms with E-state index < -0.39 is 0 Å². The van der Waals surface area contributed by atoms with Crippen LogP contribution in [0.1, 0.15) is 12.6 Å². The largest absolute Gasteiger partial charge is 0.370 e. The molecule has 0 unspecified atom stereocenters. The van der Waals surface area contributed by atoms with Crippen molar-refractivity contribution in [1.29, 1.82) is 0 Å². The monoisotopic (exact) mass is 396 g/mol. The molecule has 0 amide bonds. The maximum Gasteiger partial charge on any atom is 0.188 e. The van der Waals surface area contributed by atoms with Gasteiger partial charge in [0.2, 0.25) is 0 Å². The summed E-state index contributed by atoms with van der Waals surface area (Å²) < 4.78 is 0. The summed E-state index contributed by atoms with van der Waals surface area (Å²) in [6.07, 6.45) is 0.814. The summed E-state index contributed by atoms with van der Waals surface area (Å²) in [6, 6.07) is 12.2. The summed E-state index contributed by atoms with van der Waals surface area (Å²) in [7, 11) is 0. The van der Waals surface area contributed by atoms with Gasteiger partial charge in [0.25, 0.3) is 0 Å². The maximum atomic E-state index is 5.75. The number of halogens is 1. The Hall–Kier alpha value is -1.63. The zero-order valence-electron chi connectivity index (χ0n) is 12.2. The molecule has 0 atom stereocenters. The van der Waals surface area contributed by atoms with E-state index in [0.29, 0.717) is 12.5 Å². The molecule has 3 N–H and O–H groups in total. The number of pyridine rings is 1. The van der Waals surface area contributed by atoms with Crippen LogP contribution in [0.25, 0.3) is 10.9 Å². The van der Waals surface area contributed by atoms with Crippen molar-refractivity contribution in [3.05, 3.63) is 54.2 Å². The Morgan fingerprint density at radius 1 is 1.29 bits per heavy atom. The molecule has 0 aliphatic rings. The summed E-state index contributed by atoms with van der Waals surface area (Å²) in [5, 5.41) is 4.24. The minimum atomic E-state index is 0. The van der Waals surface area contributed by atoms with Crippen LogP contribution in [0.15, 0.2) is 53.5 Å². The van der Waals surface area contributed by atoms with Crippen molar-refractivity contribution in [3.63, 3.8) is 0 Å². The van der Waals surface area contributed by atoms with Crippen molar-refractivity contribution in [2.75, 3.05) is 13.1 Å². The normalized spacial score (nSPS) is 11.0. The molecule has 0 bridgehead atoms. The first kappa shape index (κ1) is 17.4. The van der Waals surface area contributed by atoms with Crippen molar-refractivity contribution in [1.82, 2.24) is 10.3 Å². The van der Waals surface area contributed by atoms with Gasteiger partial charge in [0.1, 0.15) is 0 Å². The third-order valence-corrected chi connectivity index (χ3v) is 2.86. The molecule has 5 heteroatoms. The summed E-state index contributed by atoms with van der Waals surface area (Å²) in [4.78, 5) is 8.78. The molecule has 2 rings (SSSR count). The number of nitrogens with two attached hydrogens (primary N) is 1. The van der Waals surface area contributed by atoms with Crippen LogP contribution in [-0.4, -0.2) is 24.0 Å². The van der Waals surface area contributed by atoms with Crippen LogP contribution in [0.3, 0.4) is 0 Å². The number of fused-ring (bicyclic) bond motifs is 1. The maximum absolute atomic E-state index is 5.75. The van der Waals surface area contributed by atoms with Crippen LogP contribution >= 0.6 is 24.0 Å². The van der Waals surface area contributed by atoms with Crippen LogP contribution < -0.4 is 11.1 Å². The van der Waals surface area contributed by atoms with Crippen LogP contribution in [-0.2, 0) is 6.42 Å². The molecule has 0 radical (unpaired) electrons. The van der Waals surface area contributed by atoms with Crippen molar-refractivity contribution in [2.24, 2.45) is 10.7 Å². The first-order valence-corrected chi connectivity index (χ1v) is 6.68. The number of nitrogens with zero attached hydrogens (tertiary/aromatic N) is 2. The number of benzene rings is 1. The SMILES string of the molecule is C=C(C)CN=C(N)NCCc1ccc2ccccc2n1.I. The standard InChI is InChI=1S/C16H20N4.HI/c1-12(2)11-19-16(17)18-10-9-14-8-7-13-5-3-4-6-15(13)20-14;/h3-8H,1,9-11H2,2H3,(H3,17,18,19);1H. The molecule has 21 heavy (non-hydrogen) atoms. The number of guanidine groups is 1. The molecule has 0 fully saturated rings. The van der Waals surface area contributed by atoms with E-state index in [1.807, 2.05) is 31.2 Å². The van der Waals surface area contributed by atoms with Crippen LogP contribution in [0, 0.1) is 0 Å². The van der Waals surface area contributed by atoms with Crippen LogP contribution in [0.5, 0.6) is 0 Å². The van der Waals surface area contributed by atoms with Gasteiger partial charge in [-0.15, -0.1) is 24.0 Å². The average Bonchev–Trinajstić information content (AvgIpc) is 2.45. The lowest BCUT2D eigenvalue weighted by molar-refractivity contribution is 0.835. The van der Waals surface area contributed by atoms with E-state index in [4.69, 9.17) is 5.73 Å². The second-order valence-electron chi connectivity index (χ2n) is 4.83. The first-order valence-electron chi connectivity index (χ1n) is 6.68. The molecule has 0 saturated carbocycles. The second kappa shape index (κ2) is 8.61. The first-order chi connectivity index (χ1) is 9.65. The third-order valence-electron chi connectivity index (χ3n) is 2.86. The van der Waals surface area contributed by atoms with E-state index in [2.05, 4.69) is 34.0 Å². The Bertz CT molecular complexity index is 637. The minimum Gasteiger partial charge on any atom is -0.370 e. The molecule has 112 valence electrons. The zero-order valence-corrected chi connectivity index (χ0v) is 14.5. The average molecular weight is 396 g/mol. The Balaban J connectivity index is 0.00000220. The highest BCUT2D eigenvalue weighted by Crippen LogP contribution is 2.11. The zero-order chi connectivity index (χ0) is 14.4. The molecular weight excluding hydrogens is 375 g/mol. The highest BCUT2D eigenvalue weighted by atomic mass is 127. The molecule has 0 aliphatic heterocycles. The molecular formula is C16H21IN4. The molecule has 4 nitrogen and oxygen atoms in total. The molecule has 0 aliphatic carbocycles. The number of aromatic nitrogens is 1. The molecule has 2 aromatic rings. The summed E-state index contributed by atoms with van der Waals surface area (Å²) in [6.45, 7) is 6.99. The fourth-order valence-corrected chi connectivity index (χ4v) is 1.84. The van der Waals surface area contributed by atoms with Crippen molar-refractivity contribution < 1.29 is 0 Å². The smallest absolute Gasteiger partial charge is 0.188 e. The van der Waals surface area contributed by atoms with Gasteiger partial charge in [-0.1, -0.05) is 36.4 Å². The second-order valence-corrected chi connectivity index (χ2v) is 4.83. The van der Waals surface area contributed by atoms with Gasteiger partial charge < -0.3 is 11.1 Å². The Morgan fingerprint density at radius 3 is 2.81 bits per heavy atom. The van der Waals surface area contributed by atoms with Gasteiger partial charge in [-0.05, 0) is 19.1 Å². The molecule has 1 aromatic carbocycles. The molecule has 0 saturated heterocycles. The lowest BCUT2D eigenvalue weighted by atomic mass is 10.2. The summed E-state index contributed by atoms with van der Waals surface area (Å²) >= 11 is 0.